The number of hydrogen-bond donors (Lipinski definition) is 0. The maximum Gasteiger partial charge on any atom is 0.416 e. The Morgan fingerprint density at radius 3 is 2.90 bits per heavy atom. The topological polar surface area (TPSA) is 75.5 Å². The third-order valence-electron chi connectivity index (χ3n) is 4.41. The molecule has 1 fully saturated rings. The van der Waals surface area contributed by atoms with Gasteiger partial charge >= 0.3 is 6.18 Å². The smallest absolute Gasteiger partial charge is 0.416 e. The van der Waals surface area contributed by atoms with Crippen molar-refractivity contribution in [2.24, 2.45) is 0 Å². The van der Waals surface area contributed by atoms with E-state index in [4.69, 9.17) is 14.7 Å². The SMILES string of the molecule is N#Cc1ccnc(O[C@H]2CCCN(C(=O)COc3cccc(C(F)(F)F)c3)C2)c1. The highest BCUT2D eigenvalue weighted by Gasteiger charge is 2.31. The minimum Gasteiger partial charge on any atom is -0.484 e. The summed E-state index contributed by atoms with van der Waals surface area (Å²) in [6.45, 7) is 0.454. The number of nitriles is 1. The molecule has 1 aromatic heterocycles. The number of carbonyl (C=O) groups is 1. The summed E-state index contributed by atoms with van der Waals surface area (Å²) in [7, 11) is 0. The van der Waals surface area contributed by atoms with Gasteiger partial charge < -0.3 is 14.4 Å². The molecular weight excluding hydrogens is 387 g/mol. The highest BCUT2D eigenvalue weighted by molar-refractivity contribution is 5.78. The summed E-state index contributed by atoms with van der Waals surface area (Å²) in [5, 5.41) is 8.93. The lowest BCUT2D eigenvalue weighted by molar-refractivity contribution is -0.137. The average molecular weight is 405 g/mol. The Morgan fingerprint density at radius 1 is 1.31 bits per heavy atom. The molecule has 2 heterocycles. The van der Waals surface area contributed by atoms with Crippen LogP contribution in [0.3, 0.4) is 0 Å². The second-order valence-corrected chi connectivity index (χ2v) is 6.53. The lowest BCUT2D eigenvalue weighted by Gasteiger charge is -2.32. The fraction of sp³-hybridized carbons (Fsp3) is 0.350. The van der Waals surface area contributed by atoms with E-state index in [9.17, 15) is 18.0 Å². The van der Waals surface area contributed by atoms with Crippen LogP contribution in [0.5, 0.6) is 11.6 Å². The molecule has 0 saturated carbocycles. The molecule has 9 heteroatoms. The maximum absolute atomic E-state index is 12.8. The van der Waals surface area contributed by atoms with Gasteiger partial charge in [0, 0.05) is 18.8 Å². The van der Waals surface area contributed by atoms with Crippen LogP contribution in [0.1, 0.15) is 24.0 Å². The van der Waals surface area contributed by atoms with Gasteiger partial charge in [0.05, 0.1) is 23.7 Å². The van der Waals surface area contributed by atoms with Gasteiger partial charge in [0.2, 0.25) is 5.88 Å². The van der Waals surface area contributed by atoms with Crippen LogP contribution in [-0.2, 0) is 11.0 Å². The average Bonchev–Trinajstić information content (AvgIpc) is 2.72. The van der Waals surface area contributed by atoms with Crippen LogP contribution in [0.4, 0.5) is 13.2 Å². The monoisotopic (exact) mass is 405 g/mol. The second kappa shape index (κ2) is 8.82. The van der Waals surface area contributed by atoms with E-state index in [1.54, 1.807) is 11.0 Å². The molecule has 1 aliphatic heterocycles. The molecule has 0 spiro atoms. The molecule has 1 atom stereocenters. The highest BCUT2D eigenvalue weighted by atomic mass is 19.4. The number of carbonyl (C=O) groups excluding carboxylic acids is 1. The van der Waals surface area contributed by atoms with E-state index in [1.165, 1.54) is 24.4 Å². The predicted molar refractivity (Wildman–Crippen MR) is 96.1 cm³/mol. The molecule has 2 aromatic rings. The van der Waals surface area contributed by atoms with Crippen LogP contribution < -0.4 is 9.47 Å². The first-order valence-corrected chi connectivity index (χ1v) is 8.96. The summed E-state index contributed by atoms with van der Waals surface area (Å²) in [5.74, 6) is -0.0477. The second-order valence-electron chi connectivity index (χ2n) is 6.53. The fourth-order valence-corrected chi connectivity index (χ4v) is 2.97. The largest absolute Gasteiger partial charge is 0.484 e. The van der Waals surface area contributed by atoms with Crippen LogP contribution in [-0.4, -0.2) is 41.6 Å². The van der Waals surface area contributed by atoms with Crippen molar-refractivity contribution in [3.63, 3.8) is 0 Å². The standard InChI is InChI=1S/C20H18F3N3O3/c21-20(22,23)15-3-1-4-16(10-15)28-13-19(27)26-8-2-5-17(12-26)29-18-9-14(11-24)6-7-25-18/h1,3-4,6-7,9-10,17H,2,5,8,12-13H2/t17-/m0/s1. The maximum atomic E-state index is 12.8. The molecule has 1 aromatic carbocycles. The Kier molecular flexibility index (Phi) is 6.22. The normalized spacial score (nSPS) is 16.8. The van der Waals surface area contributed by atoms with Crippen molar-refractivity contribution in [3.8, 4) is 17.7 Å². The summed E-state index contributed by atoms with van der Waals surface area (Å²) in [4.78, 5) is 18.0. The van der Waals surface area contributed by atoms with Crippen molar-refractivity contribution >= 4 is 5.91 Å². The number of nitrogens with zero attached hydrogens (tertiary/aromatic N) is 3. The van der Waals surface area contributed by atoms with E-state index in [0.29, 0.717) is 31.0 Å². The lowest BCUT2D eigenvalue weighted by atomic mass is 10.1. The molecule has 3 rings (SSSR count). The van der Waals surface area contributed by atoms with Crippen molar-refractivity contribution in [3.05, 3.63) is 53.7 Å². The fourth-order valence-electron chi connectivity index (χ4n) is 2.97. The molecule has 0 unspecified atom stereocenters. The number of alkyl halides is 3. The van der Waals surface area contributed by atoms with Gasteiger partial charge in [0.15, 0.2) is 6.61 Å². The Hall–Kier alpha value is -3.28. The van der Waals surface area contributed by atoms with E-state index in [2.05, 4.69) is 4.98 Å². The Morgan fingerprint density at radius 2 is 2.14 bits per heavy atom. The number of likely N-dealkylation sites (tertiary alicyclic amines) is 1. The number of hydrogen-bond acceptors (Lipinski definition) is 5. The Labute approximate surface area is 165 Å². The molecule has 1 saturated heterocycles. The van der Waals surface area contributed by atoms with Gasteiger partial charge in [-0.1, -0.05) is 6.07 Å². The van der Waals surface area contributed by atoms with Gasteiger partial charge in [-0.25, -0.2) is 4.98 Å². The summed E-state index contributed by atoms with van der Waals surface area (Å²) >= 11 is 0. The van der Waals surface area contributed by atoms with E-state index in [1.807, 2.05) is 6.07 Å². The van der Waals surface area contributed by atoms with Crippen molar-refractivity contribution in [2.45, 2.75) is 25.1 Å². The molecule has 6 nitrogen and oxygen atoms in total. The van der Waals surface area contributed by atoms with Crippen molar-refractivity contribution in [1.29, 1.82) is 5.26 Å². The molecular formula is C20H18F3N3O3. The zero-order valence-corrected chi connectivity index (χ0v) is 15.4. The number of amides is 1. The van der Waals surface area contributed by atoms with E-state index in [0.717, 1.165) is 18.6 Å². The van der Waals surface area contributed by atoms with Gasteiger partial charge in [0.1, 0.15) is 11.9 Å². The highest BCUT2D eigenvalue weighted by Crippen LogP contribution is 2.31. The number of ether oxygens (including phenoxy) is 2. The zero-order valence-electron chi connectivity index (χ0n) is 15.4. The third-order valence-corrected chi connectivity index (χ3v) is 4.41. The molecule has 152 valence electrons. The number of pyridine rings is 1. The predicted octanol–water partition coefficient (Wildman–Crippen LogP) is 3.42. The zero-order chi connectivity index (χ0) is 20.9. The number of aromatic nitrogens is 1. The molecule has 0 bridgehead atoms. The van der Waals surface area contributed by atoms with Crippen molar-refractivity contribution in [1.82, 2.24) is 9.88 Å². The minimum absolute atomic E-state index is 0.0181. The molecule has 0 radical (unpaired) electrons. The number of rotatable bonds is 5. The quantitative estimate of drug-likeness (QED) is 0.762. The van der Waals surface area contributed by atoms with Gasteiger partial charge in [-0.05, 0) is 37.1 Å². The van der Waals surface area contributed by atoms with Crippen molar-refractivity contribution < 1.29 is 27.4 Å². The van der Waals surface area contributed by atoms with Gasteiger partial charge in [0.25, 0.3) is 5.91 Å². The van der Waals surface area contributed by atoms with Crippen LogP contribution in [0.15, 0.2) is 42.6 Å². The first-order chi connectivity index (χ1) is 13.8. The third kappa shape index (κ3) is 5.60. The minimum atomic E-state index is -4.47. The summed E-state index contributed by atoms with van der Waals surface area (Å²) in [5.41, 5.74) is -0.408. The molecule has 29 heavy (non-hydrogen) atoms. The van der Waals surface area contributed by atoms with Crippen LogP contribution in [0, 0.1) is 11.3 Å². The van der Waals surface area contributed by atoms with Gasteiger partial charge in [-0.3, -0.25) is 4.79 Å². The summed E-state index contributed by atoms with van der Waals surface area (Å²) in [6, 6.07) is 9.51. The van der Waals surface area contributed by atoms with E-state index in [-0.39, 0.29) is 24.4 Å². The van der Waals surface area contributed by atoms with Crippen molar-refractivity contribution in [2.75, 3.05) is 19.7 Å². The van der Waals surface area contributed by atoms with Gasteiger partial charge in [-0.15, -0.1) is 0 Å². The Balaban J connectivity index is 1.55. The molecule has 1 aliphatic rings. The van der Waals surface area contributed by atoms with Gasteiger partial charge in [-0.2, -0.15) is 18.4 Å². The molecule has 0 N–H and O–H groups in total. The van der Waals surface area contributed by atoms with Crippen LogP contribution in [0.25, 0.3) is 0 Å². The van der Waals surface area contributed by atoms with E-state index < -0.39 is 11.7 Å². The summed E-state index contributed by atoms with van der Waals surface area (Å²) in [6.07, 6.45) is -1.86. The first kappa shape index (κ1) is 20.5. The lowest BCUT2D eigenvalue weighted by Crippen LogP contribution is -2.46. The number of piperidine rings is 1. The summed E-state index contributed by atoms with van der Waals surface area (Å²) < 4.78 is 49.3. The number of halogens is 3. The Bertz CT molecular complexity index is 912. The molecule has 1 amide bonds. The first-order valence-electron chi connectivity index (χ1n) is 8.96. The van der Waals surface area contributed by atoms with E-state index >= 15 is 0 Å². The molecule has 0 aliphatic carbocycles. The number of benzene rings is 1. The van der Waals surface area contributed by atoms with Crippen LogP contribution >= 0.6 is 0 Å². The van der Waals surface area contributed by atoms with Crippen LogP contribution in [0.2, 0.25) is 0 Å².